The highest BCUT2D eigenvalue weighted by Crippen LogP contribution is 2.36. The fraction of sp³-hybridized carbons (Fsp3) is 0.444. The van der Waals surface area contributed by atoms with E-state index in [2.05, 4.69) is 25.7 Å². The number of aliphatic hydroxyl groups excluding tert-OH is 1. The van der Waals surface area contributed by atoms with E-state index in [1.807, 2.05) is 0 Å². The van der Waals surface area contributed by atoms with Gasteiger partial charge in [0, 0.05) is 5.33 Å². The van der Waals surface area contributed by atoms with E-state index in [9.17, 15) is 22.0 Å². The summed E-state index contributed by atoms with van der Waals surface area (Å²) in [4.78, 5) is 3.58. The molecule has 0 radical (unpaired) electrons. The van der Waals surface area contributed by atoms with Crippen molar-refractivity contribution >= 4 is 15.9 Å². The fourth-order valence-electron chi connectivity index (χ4n) is 1.24. The third-order valence-electron chi connectivity index (χ3n) is 1.86. The van der Waals surface area contributed by atoms with Gasteiger partial charge in [0.2, 0.25) is 0 Å². The average Bonchev–Trinajstić information content (AvgIpc) is 2.26. The van der Waals surface area contributed by atoms with Crippen LogP contribution in [0.15, 0.2) is 6.07 Å². The Morgan fingerprint density at radius 1 is 1.39 bits per heavy atom. The summed E-state index contributed by atoms with van der Waals surface area (Å²) < 4.78 is 65.1. The Morgan fingerprint density at radius 2 is 2.00 bits per heavy atom. The molecule has 0 aliphatic heterocycles. The van der Waals surface area contributed by atoms with Crippen molar-refractivity contribution in [2.24, 2.45) is 0 Å². The lowest BCUT2D eigenvalue weighted by molar-refractivity contribution is -0.275. The van der Waals surface area contributed by atoms with Crippen LogP contribution in [0, 0.1) is 0 Å². The van der Waals surface area contributed by atoms with Crippen molar-refractivity contribution in [1.29, 1.82) is 0 Å². The number of pyridine rings is 1. The van der Waals surface area contributed by atoms with Crippen molar-refractivity contribution in [3.05, 3.63) is 23.0 Å². The molecule has 0 bridgehead atoms. The van der Waals surface area contributed by atoms with E-state index in [0.29, 0.717) is 0 Å². The Morgan fingerprint density at radius 3 is 2.39 bits per heavy atom. The Bertz CT molecular complexity index is 424. The van der Waals surface area contributed by atoms with Gasteiger partial charge in [0.05, 0.1) is 17.9 Å². The van der Waals surface area contributed by atoms with E-state index in [-0.39, 0.29) is 11.0 Å². The summed E-state index contributed by atoms with van der Waals surface area (Å²) in [6.07, 6.45) is -8.31. The first-order chi connectivity index (χ1) is 8.28. The smallest absolute Gasteiger partial charge is 0.403 e. The van der Waals surface area contributed by atoms with Crippen molar-refractivity contribution in [1.82, 2.24) is 4.98 Å². The maximum absolute atomic E-state index is 12.7. The van der Waals surface area contributed by atoms with Gasteiger partial charge in [-0.2, -0.15) is 0 Å². The summed E-state index contributed by atoms with van der Waals surface area (Å²) in [5.74, 6) is -1.15. The van der Waals surface area contributed by atoms with E-state index >= 15 is 0 Å². The molecule has 102 valence electrons. The first-order valence-electron chi connectivity index (χ1n) is 4.52. The van der Waals surface area contributed by atoms with Gasteiger partial charge in [-0.15, -0.1) is 13.2 Å². The van der Waals surface area contributed by atoms with Crippen molar-refractivity contribution in [2.75, 3.05) is 0 Å². The Hall–Kier alpha value is -0.960. The first kappa shape index (κ1) is 15.1. The second-order valence-electron chi connectivity index (χ2n) is 3.12. The first-order valence-corrected chi connectivity index (χ1v) is 5.64. The fourth-order valence-corrected chi connectivity index (χ4v) is 1.53. The van der Waals surface area contributed by atoms with Crippen molar-refractivity contribution < 1.29 is 31.8 Å². The summed E-state index contributed by atoms with van der Waals surface area (Å²) in [6.45, 7) is -0.939. The maximum Gasteiger partial charge on any atom is 0.573 e. The molecule has 0 saturated heterocycles. The lowest BCUT2D eigenvalue weighted by Gasteiger charge is -2.16. The van der Waals surface area contributed by atoms with Gasteiger partial charge in [0.1, 0.15) is 5.69 Å². The maximum atomic E-state index is 12.7. The van der Waals surface area contributed by atoms with Crippen LogP contribution in [-0.2, 0) is 11.9 Å². The van der Waals surface area contributed by atoms with Crippen LogP contribution in [0.2, 0.25) is 0 Å². The molecule has 18 heavy (non-hydrogen) atoms. The minimum Gasteiger partial charge on any atom is -0.403 e. The van der Waals surface area contributed by atoms with E-state index in [1.54, 1.807) is 0 Å². The van der Waals surface area contributed by atoms with Gasteiger partial charge in [0.15, 0.2) is 5.75 Å². The number of aromatic nitrogens is 1. The summed E-state index contributed by atoms with van der Waals surface area (Å²) in [5.41, 5.74) is -1.47. The number of alkyl halides is 6. The van der Waals surface area contributed by atoms with Crippen LogP contribution < -0.4 is 4.74 Å². The van der Waals surface area contributed by atoms with Crippen LogP contribution in [0.3, 0.4) is 0 Å². The van der Waals surface area contributed by atoms with Gasteiger partial charge in [-0.3, -0.25) is 4.98 Å². The minimum absolute atomic E-state index is 0.0615. The van der Waals surface area contributed by atoms with Crippen molar-refractivity contribution in [3.63, 3.8) is 0 Å². The molecule has 1 heterocycles. The molecular formula is C9H7BrF5NO2. The third kappa shape index (κ3) is 3.77. The summed E-state index contributed by atoms with van der Waals surface area (Å²) >= 11 is 2.94. The lowest BCUT2D eigenvalue weighted by atomic mass is 10.1. The quantitative estimate of drug-likeness (QED) is 0.678. The lowest BCUT2D eigenvalue weighted by Crippen LogP contribution is -2.20. The van der Waals surface area contributed by atoms with E-state index < -0.39 is 36.4 Å². The predicted octanol–water partition coefficient (Wildman–Crippen LogP) is 3.31. The molecule has 3 nitrogen and oxygen atoms in total. The molecule has 0 aliphatic carbocycles. The number of aliphatic hydroxyl groups is 1. The van der Waals surface area contributed by atoms with Gasteiger partial charge in [-0.05, 0) is 6.07 Å². The van der Waals surface area contributed by atoms with Gasteiger partial charge in [0.25, 0.3) is 6.43 Å². The zero-order valence-electron chi connectivity index (χ0n) is 8.64. The Kier molecular flexibility index (Phi) is 4.85. The molecule has 1 aromatic rings. The Labute approximate surface area is 107 Å². The van der Waals surface area contributed by atoms with Crippen LogP contribution in [-0.4, -0.2) is 16.5 Å². The van der Waals surface area contributed by atoms with Gasteiger partial charge < -0.3 is 9.84 Å². The predicted molar refractivity (Wildman–Crippen MR) is 54.4 cm³/mol. The topological polar surface area (TPSA) is 42.4 Å². The van der Waals surface area contributed by atoms with Gasteiger partial charge in [-0.25, -0.2) is 8.78 Å². The second kappa shape index (κ2) is 5.79. The molecular weight excluding hydrogens is 329 g/mol. The molecule has 0 amide bonds. The van der Waals surface area contributed by atoms with Gasteiger partial charge in [-0.1, -0.05) is 15.9 Å². The zero-order chi connectivity index (χ0) is 13.9. The molecule has 1 rings (SSSR count). The molecule has 9 heteroatoms. The normalized spacial score (nSPS) is 12.0. The zero-order valence-corrected chi connectivity index (χ0v) is 10.2. The standard InChI is InChI=1S/C9H7BrF5NO2/c10-2-4-1-5(8(11)12)7(6(3-17)16-4)18-9(13,14)15/h1,8,17H,2-3H2. The van der Waals surface area contributed by atoms with E-state index in [1.165, 1.54) is 0 Å². The van der Waals surface area contributed by atoms with E-state index in [0.717, 1.165) is 6.07 Å². The molecule has 0 fully saturated rings. The molecule has 0 aliphatic rings. The van der Waals surface area contributed by atoms with E-state index in [4.69, 9.17) is 5.11 Å². The molecule has 0 saturated carbocycles. The van der Waals surface area contributed by atoms with Gasteiger partial charge >= 0.3 is 6.36 Å². The number of rotatable bonds is 4. The van der Waals surface area contributed by atoms with Crippen LogP contribution >= 0.6 is 15.9 Å². The highest BCUT2D eigenvalue weighted by atomic mass is 79.9. The van der Waals surface area contributed by atoms with Crippen LogP contribution in [0.5, 0.6) is 5.75 Å². The molecule has 0 spiro atoms. The molecule has 0 atom stereocenters. The number of hydrogen-bond acceptors (Lipinski definition) is 3. The van der Waals surface area contributed by atoms with Crippen molar-refractivity contribution in [2.45, 2.75) is 24.7 Å². The number of nitrogens with zero attached hydrogens (tertiary/aromatic N) is 1. The second-order valence-corrected chi connectivity index (χ2v) is 3.68. The number of hydrogen-bond donors (Lipinski definition) is 1. The highest BCUT2D eigenvalue weighted by molar-refractivity contribution is 9.08. The summed E-state index contributed by atoms with van der Waals surface area (Å²) in [6, 6.07) is 0.791. The molecule has 1 aromatic heterocycles. The molecule has 0 aromatic carbocycles. The largest absolute Gasteiger partial charge is 0.573 e. The number of halogens is 6. The number of ether oxygens (including phenoxy) is 1. The van der Waals surface area contributed by atoms with Crippen LogP contribution in [0.25, 0.3) is 0 Å². The van der Waals surface area contributed by atoms with Crippen LogP contribution in [0.1, 0.15) is 23.4 Å². The van der Waals surface area contributed by atoms with Crippen LogP contribution in [0.4, 0.5) is 22.0 Å². The Balaban J connectivity index is 3.35. The van der Waals surface area contributed by atoms with Crippen molar-refractivity contribution in [3.8, 4) is 5.75 Å². The third-order valence-corrected chi connectivity index (χ3v) is 2.44. The summed E-state index contributed by atoms with van der Waals surface area (Å²) in [5, 5.41) is 8.93. The summed E-state index contributed by atoms with van der Waals surface area (Å²) in [7, 11) is 0. The average molecular weight is 336 g/mol. The highest BCUT2D eigenvalue weighted by Gasteiger charge is 2.35. The molecule has 0 unspecified atom stereocenters. The SMILES string of the molecule is OCc1nc(CBr)cc(C(F)F)c1OC(F)(F)F. The monoisotopic (exact) mass is 335 g/mol. The molecule has 1 N–H and O–H groups in total. The minimum atomic E-state index is -5.13.